The lowest BCUT2D eigenvalue weighted by atomic mass is 9.92. The first kappa shape index (κ1) is 21.8. The van der Waals surface area contributed by atoms with Crippen molar-refractivity contribution in [3.8, 4) is 17.4 Å². The molecule has 1 aliphatic carbocycles. The minimum Gasteiger partial charge on any atom is -0.501 e. The molecule has 2 aliphatic rings. The van der Waals surface area contributed by atoms with Crippen molar-refractivity contribution in [2.75, 3.05) is 23.4 Å². The van der Waals surface area contributed by atoms with E-state index in [1.165, 1.54) is 24.1 Å². The summed E-state index contributed by atoms with van der Waals surface area (Å²) < 4.78 is 12.9. The van der Waals surface area contributed by atoms with Crippen molar-refractivity contribution in [2.45, 2.75) is 25.3 Å². The number of anilines is 2. The molecule has 1 aliphatic heterocycles. The van der Waals surface area contributed by atoms with E-state index in [2.05, 4.69) is 15.5 Å². The van der Waals surface area contributed by atoms with Crippen molar-refractivity contribution < 1.29 is 24.0 Å². The van der Waals surface area contributed by atoms with Crippen LogP contribution in [0.1, 0.15) is 35.8 Å². The third-order valence-electron chi connectivity index (χ3n) is 6.56. The molecule has 13 nitrogen and oxygen atoms in total. The highest BCUT2D eigenvalue weighted by molar-refractivity contribution is 6.04. The number of fused-ring (bicyclic) bond motifs is 1. The highest BCUT2D eigenvalue weighted by Gasteiger charge is 2.30. The minimum atomic E-state index is -0.796. The average molecular weight is 491 g/mol. The van der Waals surface area contributed by atoms with Gasteiger partial charge in [-0.05, 0) is 37.5 Å². The number of rotatable bonds is 5. The van der Waals surface area contributed by atoms with E-state index in [0.29, 0.717) is 30.2 Å². The van der Waals surface area contributed by atoms with Crippen LogP contribution in [0, 0.1) is 0 Å². The third-order valence-corrected chi connectivity index (χ3v) is 6.56. The summed E-state index contributed by atoms with van der Waals surface area (Å²) in [6.07, 6.45) is 4.93. The molecule has 4 heterocycles. The molecule has 3 aromatic heterocycles. The first-order chi connectivity index (χ1) is 17.4. The molecular formula is C23H21N7O6. The number of aromatic nitrogens is 5. The summed E-state index contributed by atoms with van der Waals surface area (Å²) in [7, 11) is 1.46. The van der Waals surface area contributed by atoms with Gasteiger partial charge in [0.05, 0.1) is 23.8 Å². The number of amides is 2. The zero-order valence-electron chi connectivity index (χ0n) is 19.2. The van der Waals surface area contributed by atoms with E-state index in [0.717, 1.165) is 24.8 Å². The highest BCUT2D eigenvalue weighted by atomic mass is 16.6. The van der Waals surface area contributed by atoms with Crippen LogP contribution in [0.15, 0.2) is 40.0 Å². The summed E-state index contributed by atoms with van der Waals surface area (Å²) >= 11 is 0. The first-order valence-corrected chi connectivity index (χ1v) is 11.4. The molecular weight excluding hydrogens is 470 g/mol. The fraction of sp³-hybridized carbons (Fsp3) is 0.304. The number of imidazole rings is 1. The predicted molar refractivity (Wildman–Crippen MR) is 126 cm³/mol. The van der Waals surface area contributed by atoms with Crippen LogP contribution in [0.5, 0.6) is 5.75 Å². The maximum absolute atomic E-state index is 12.9. The van der Waals surface area contributed by atoms with Gasteiger partial charge in [-0.1, -0.05) is 5.16 Å². The summed E-state index contributed by atoms with van der Waals surface area (Å²) in [5.41, 5.74) is 1.11. The van der Waals surface area contributed by atoms with Gasteiger partial charge in [-0.25, -0.2) is 14.8 Å². The summed E-state index contributed by atoms with van der Waals surface area (Å²) in [5.74, 6) is -1.07. The van der Waals surface area contributed by atoms with Crippen LogP contribution in [0.25, 0.3) is 22.7 Å². The van der Waals surface area contributed by atoms with Crippen molar-refractivity contribution in [3.63, 3.8) is 0 Å². The number of nitrogens with one attached hydrogen (secondary N) is 1. The highest BCUT2D eigenvalue weighted by Crippen LogP contribution is 2.39. The molecule has 1 aromatic carbocycles. The van der Waals surface area contributed by atoms with Gasteiger partial charge in [0.1, 0.15) is 18.6 Å². The molecule has 36 heavy (non-hydrogen) atoms. The van der Waals surface area contributed by atoms with Crippen molar-refractivity contribution in [1.29, 1.82) is 0 Å². The van der Waals surface area contributed by atoms with Crippen LogP contribution >= 0.6 is 0 Å². The van der Waals surface area contributed by atoms with Crippen LogP contribution in [-0.2, 0) is 11.8 Å². The molecule has 6 rings (SSSR count). The number of hydrogen-bond donors (Lipinski definition) is 2. The maximum Gasteiger partial charge on any atom is 0.414 e. The molecule has 2 N–H and O–H groups in total. The van der Waals surface area contributed by atoms with Gasteiger partial charge in [0.15, 0.2) is 17.3 Å². The minimum absolute atomic E-state index is 0.103. The fourth-order valence-electron chi connectivity index (χ4n) is 4.45. The van der Waals surface area contributed by atoms with Crippen LogP contribution < -0.4 is 15.8 Å². The molecule has 2 amide bonds. The second-order valence-electron chi connectivity index (χ2n) is 8.69. The maximum atomic E-state index is 12.9. The second-order valence-corrected chi connectivity index (χ2v) is 8.69. The van der Waals surface area contributed by atoms with Crippen molar-refractivity contribution in [1.82, 2.24) is 24.3 Å². The molecule has 0 radical (unpaired) electrons. The monoisotopic (exact) mass is 491 g/mol. The Hall–Kier alpha value is -4.68. The van der Waals surface area contributed by atoms with Crippen molar-refractivity contribution in [2.24, 2.45) is 7.05 Å². The van der Waals surface area contributed by atoms with E-state index in [9.17, 15) is 19.5 Å². The number of cyclic esters (lactones) is 1. The zero-order valence-corrected chi connectivity index (χ0v) is 19.2. The van der Waals surface area contributed by atoms with Gasteiger partial charge in [-0.15, -0.1) is 0 Å². The largest absolute Gasteiger partial charge is 0.501 e. The van der Waals surface area contributed by atoms with Crippen LogP contribution in [0.4, 0.5) is 16.2 Å². The number of nitrogens with zero attached hydrogens (tertiary/aromatic N) is 6. The normalized spacial score (nSPS) is 15.8. The number of benzene rings is 1. The number of hydrogen-bond acceptors (Lipinski definition) is 9. The molecule has 184 valence electrons. The molecule has 0 atom stereocenters. The van der Waals surface area contributed by atoms with Crippen LogP contribution in [0.2, 0.25) is 0 Å². The van der Waals surface area contributed by atoms with Gasteiger partial charge in [0.2, 0.25) is 5.75 Å². The molecule has 0 spiro atoms. The summed E-state index contributed by atoms with van der Waals surface area (Å²) in [6.45, 7) is 0.775. The van der Waals surface area contributed by atoms with Gasteiger partial charge in [-0.3, -0.25) is 19.1 Å². The Kier molecular flexibility index (Phi) is 4.98. The Labute approximate surface area is 202 Å². The Bertz CT molecular complexity index is 1570. The lowest BCUT2D eigenvalue weighted by molar-refractivity contribution is 0.101. The smallest absolute Gasteiger partial charge is 0.414 e. The fourth-order valence-corrected chi connectivity index (χ4v) is 4.45. The number of ether oxygens (including phenoxy) is 1. The van der Waals surface area contributed by atoms with E-state index in [4.69, 9.17) is 14.2 Å². The summed E-state index contributed by atoms with van der Waals surface area (Å²) in [6, 6.07) is 5.56. The lowest BCUT2D eigenvalue weighted by Gasteiger charge is -2.29. The molecule has 1 saturated heterocycles. The Balaban J connectivity index is 1.51. The molecule has 0 unspecified atom stereocenters. The molecule has 1 saturated carbocycles. The predicted octanol–water partition coefficient (Wildman–Crippen LogP) is 2.42. The lowest BCUT2D eigenvalue weighted by Crippen LogP contribution is -2.27. The third kappa shape index (κ3) is 3.39. The number of carbonyl (C=O) groups excluding carboxylic acids is 2. The quantitative estimate of drug-likeness (QED) is 0.428. The van der Waals surface area contributed by atoms with Crippen LogP contribution in [0.3, 0.4) is 0 Å². The zero-order chi connectivity index (χ0) is 25.0. The van der Waals surface area contributed by atoms with Crippen LogP contribution in [-0.4, -0.2) is 54.5 Å². The summed E-state index contributed by atoms with van der Waals surface area (Å²) in [4.78, 5) is 48.5. The van der Waals surface area contributed by atoms with E-state index >= 15 is 0 Å². The van der Waals surface area contributed by atoms with E-state index in [1.807, 2.05) is 10.6 Å². The van der Waals surface area contributed by atoms with Gasteiger partial charge in [0, 0.05) is 18.8 Å². The van der Waals surface area contributed by atoms with Gasteiger partial charge < -0.3 is 24.3 Å². The molecule has 13 heteroatoms. The van der Waals surface area contributed by atoms with E-state index in [-0.39, 0.29) is 17.6 Å². The van der Waals surface area contributed by atoms with Gasteiger partial charge in [-0.2, -0.15) is 0 Å². The Morgan fingerprint density at radius 3 is 2.69 bits per heavy atom. The van der Waals surface area contributed by atoms with Crippen molar-refractivity contribution >= 4 is 34.4 Å². The summed E-state index contributed by atoms with van der Waals surface area (Å²) in [5, 5.41) is 16.4. The number of aromatic hydroxyl groups is 1. The average Bonchev–Trinajstić information content (AvgIpc) is 3.57. The van der Waals surface area contributed by atoms with E-state index in [1.54, 1.807) is 17.0 Å². The standard InChI is InChI=1S/C23H21N7O6/c1-28-19(27-17(18(31)22(28)33)21(32)25-12-10-24-36-11-12)20-26-15-6-5-14(29-7-8-35-23(29)34)9-16(15)30(20)13-3-2-4-13/h5-6,9-11,13,31H,2-4,7-8H2,1H3,(H,25,32). The Morgan fingerprint density at radius 2 is 2.03 bits per heavy atom. The first-order valence-electron chi connectivity index (χ1n) is 11.4. The van der Waals surface area contributed by atoms with Gasteiger partial charge in [0.25, 0.3) is 11.5 Å². The van der Waals surface area contributed by atoms with E-state index < -0.39 is 29.0 Å². The molecule has 0 bridgehead atoms. The van der Waals surface area contributed by atoms with Crippen molar-refractivity contribution in [3.05, 3.63) is 46.7 Å². The molecule has 2 fully saturated rings. The van der Waals surface area contributed by atoms with Gasteiger partial charge >= 0.3 is 6.09 Å². The SMILES string of the molecule is Cn1c(-c2nc3ccc(N4CCOC4=O)cc3n2C2CCC2)nc(C(=O)Nc2cnoc2)c(O)c1=O. The molecule has 4 aromatic rings. The Morgan fingerprint density at radius 1 is 1.19 bits per heavy atom. The topological polar surface area (TPSA) is 158 Å². The number of carbonyl (C=O) groups is 2. The second kappa shape index (κ2) is 8.22.